The molecular formula is C6H7ClN2O2. The lowest BCUT2D eigenvalue weighted by Gasteiger charge is -1.99. The van der Waals surface area contributed by atoms with E-state index in [1.54, 1.807) is 12.3 Å². The number of aromatic amines is 1. The molecule has 1 rings (SSSR count). The van der Waals surface area contributed by atoms with Gasteiger partial charge in [0.25, 0.3) is 0 Å². The van der Waals surface area contributed by atoms with E-state index in [2.05, 4.69) is 10.2 Å². The van der Waals surface area contributed by atoms with E-state index in [0.29, 0.717) is 0 Å². The molecule has 0 saturated heterocycles. The number of carboxylic acid groups (broad SMARTS) is 1. The smallest absolute Gasteiger partial charge is 0.322 e. The van der Waals surface area contributed by atoms with Gasteiger partial charge < -0.3 is 5.11 Å². The number of carboxylic acids is 1. The molecule has 1 atom stereocenters. The third-order valence-electron chi connectivity index (χ3n) is 1.23. The van der Waals surface area contributed by atoms with Crippen molar-refractivity contribution in [2.45, 2.75) is 11.8 Å². The normalized spacial score (nSPS) is 12.8. The second kappa shape index (κ2) is 3.39. The molecule has 1 aromatic heterocycles. The molecule has 0 radical (unpaired) electrons. The van der Waals surface area contributed by atoms with Crippen molar-refractivity contribution >= 4 is 17.6 Å². The van der Waals surface area contributed by atoms with Gasteiger partial charge in [0.15, 0.2) is 0 Å². The van der Waals surface area contributed by atoms with Gasteiger partial charge in [-0.25, -0.2) is 0 Å². The van der Waals surface area contributed by atoms with Crippen LogP contribution in [0.25, 0.3) is 0 Å². The van der Waals surface area contributed by atoms with Crippen molar-refractivity contribution in [2.75, 3.05) is 0 Å². The fraction of sp³-hybridized carbons (Fsp3) is 0.333. The molecule has 0 aliphatic heterocycles. The molecule has 0 aliphatic carbocycles. The first-order chi connectivity index (χ1) is 5.20. The zero-order chi connectivity index (χ0) is 8.27. The van der Waals surface area contributed by atoms with Gasteiger partial charge in [0.05, 0.1) is 0 Å². The molecule has 5 heteroatoms. The van der Waals surface area contributed by atoms with E-state index in [1.807, 2.05) is 0 Å². The van der Waals surface area contributed by atoms with Gasteiger partial charge in [0.1, 0.15) is 5.38 Å². The highest BCUT2D eigenvalue weighted by Gasteiger charge is 2.14. The van der Waals surface area contributed by atoms with Gasteiger partial charge in [-0.15, -0.1) is 11.6 Å². The summed E-state index contributed by atoms with van der Waals surface area (Å²) < 4.78 is 0. The Balaban J connectivity index is 2.50. The van der Waals surface area contributed by atoms with Crippen LogP contribution in [0.15, 0.2) is 12.3 Å². The van der Waals surface area contributed by atoms with Crippen molar-refractivity contribution in [3.05, 3.63) is 18.0 Å². The van der Waals surface area contributed by atoms with E-state index in [0.717, 1.165) is 5.69 Å². The highest BCUT2D eigenvalue weighted by atomic mass is 35.5. The fourth-order valence-corrected chi connectivity index (χ4v) is 0.845. The summed E-state index contributed by atoms with van der Waals surface area (Å²) in [4.78, 5) is 10.3. The largest absolute Gasteiger partial charge is 0.480 e. The maximum absolute atomic E-state index is 10.3. The zero-order valence-corrected chi connectivity index (χ0v) is 6.38. The molecule has 0 bridgehead atoms. The first-order valence-electron chi connectivity index (χ1n) is 3.05. The number of aliphatic carboxylic acids is 1. The average molecular weight is 175 g/mol. The molecule has 4 nitrogen and oxygen atoms in total. The van der Waals surface area contributed by atoms with E-state index in [4.69, 9.17) is 16.7 Å². The van der Waals surface area contributed by atoms with Crippen LogP contribution in [0.2, 0.25) is 0 Å². The zero-order valence-electron chi connectivity index (χ0n) is 5.62. The van der Waals surface area contributed by atoms with E-state index >= 15 is 0 Å². The Bertz CT molecular complexity index is 235. The molecule has 0 saturated carbocycles. The number of aromatic nitrogens is 2. The molecule has 0 aliphatic rings. The first-order valence-corrected chi connectivity index (χ1v) is 3.49. The number of nitrogens with zero attached hydrogens (tertiary/aromatic N) is 1. The quantitative estimate of drug-likeness (QED) is 0.661. The topological polar surface area (TPSA) is 66.0 Å². The summed E-state index contributed by atoms with van der Waals surface area (Å²) in [6.07, 6.45) is 1.83. The summed E-state index contributed by atoms with van der Waals surface area (Å²) in [5, 5.41) is 13.8. The van der Waals surface area contributed by atoms with Crippen LogP contribution in [0.1, 0.15) is 5.69 Å². The van der Waals surface area contributed by atoms with Crippen LogP contribution in [0, 0.1) is 0 Å². The summed E-state index contributed by atoms with van der Waals surface area (Å²) in [7, 11) is 0. The number of carbonyl (C=O) groups is 1. The standard InChI is InChI=1S/C6H7ClN2O2/c7-5(6(10)11)3-4-1-2-8-9-4/h1-2,5H,3H2,(H,8,9)(H,10,11). The molecule has 60 valence electrons. The lowest BCUT2D eigenvalue weighted by Crippen LogP contribution is -2.16. The minimum atomic E-state index is -1.01. The van der Waals surface area contributed by atoms with Crippen LogP contribution in [0.4, 0.5) is 0 Å². The van der Waals surface area contributed by atoms with Gasteiger partial charge in [0.2, 0.25) is 0 Å². The molecule has 0 fully saturated rings. The SMILES string of the molecule is O=C(O)C(Cl)Cc1ccn[nH]1. The molecule has 2 N–H and O–H groups in total. The fourth-order valence-electron chi connectivity index (χ4n) is 0.679. The number of halogens is 1. The summed E-state index contributed by atoms with van der Waals surface area (Å²) in [5.41, 5.74) is 0.729. The third-order valence-corrected chi connectivity index (χ3v) is 1.57. The molecular weight excluding hydrogens is 168 g/mol. The maximum Gasteiger partial charge on any atom is 0.322 e. The Morgan fingerprint density at radius 3 is 3.09 bits per heavy atom. The average Bonchev–Trinajstić information content (AvgIpc) is 2.39. The van der Waals surface area contributed by atoms with Crippen LogP contribution in [-0.2, 0) is 11.2 Å². The second-order valence-electron chi connectivity index (χ2n) is 2.09. The lowest BCUT2D eigenvalue weighted by molar-refractivity contribution is -0.136. The van der Waals surface area contributed by atoms with Gasteiger partial charge in [-0.05, 0) is 6.07 Å². The van der Waals surface area contributed by atoms with Gasteiger partial charge in [0, 0.05) is 18.3 Å². The number of hydrogen-bond acceptors (Lipinski definition) is 2. The summed E-state index contributed by atoms with van der Waals surface area (Å²) in [5.74, 6) is -1.01. The van der Waals surface area contributed by atoms with Crippen molar-refractivity contribution < 1.29 is 9.90 Å². The van der Waals surface area contributed by atoms with Gasteiger partial charge in [-0.3, -0.25) is 9.89 Å². The molecule has 11 heavy (non-hydrogen) atoms. The van der Waals surface area contributed by atoms with Crippen LogP contribution in [-0.4, -0.2) is 26.7 Å². The summed E-state index contributed by atoms with van der Waals surface area (Å²) in [6.45, 7) is 0. The van der Waals surface area contributed by atoms with E-state index < -0.39 is 11.3 Å². The van der Waals surface area contributed by atoms with Crippen molar-refractivity contribution in [3.63, 3.8) is 0 Å². The minimum Gasteiger partial charge on any atom is -0.480 e. The molecule has 0 amide bonds. The van der Waals surface area contributed by atoms with E-state index in [-0.39, 0.29) is 6.42 Å². The second-order valence-corrected chi connectivity index (χ2v) is 2.62. The summed E-state index contributed by atoms with van der Waals surface area (Å²) >= 11 is 5.46. The van der Waals surface area contributed by atoms with Crippen molar-refractivity contribution in [1.29, 1.82) is 0 Å². The monoisotopic (exact) mass is 174 g/mol. The predicted molar refractivity (Wildman–Crippen MR) is 39.6 cm³/mol. The van der Waals surface area contributed by atoms with E-state index in [9.17, 15) is 4.79 Å². The molecule has 1 aromatic rings. The van der Waals surface area contributed by atoms with Crippen molar-refractivity contribution in [2.24, 2.45) is 0 Å². The van der Waals surface area contributed by atoms with Crippen LogP contribution < -0.4 is 0 Å². The Morgan fingerprint density at radius 2 is 2.64 bits per heavy atom. The highest BCUT2D eigenvalue weighted by molar-refractivity contribution is 6.29. The minimum absolute atomic E-state index is 0.275. The number of nitrogens with one attached hydrogen (secondary N) is 1. The number of rotatable bonds is 3. The van der Waals surface area contributed by atoms with Gasteiger partial charge >= 0.3 is 5.97 Å². The molecule has 0 aromatic carbocycles. The van der Waals surface area contributed by atoms with Crippen LogP contribution in [0.3, 0.4) is 0 Å². The Hall–Kier alpha value is -1.03. The number of alkyl halides is 1. The molecule has 1 unspecified atom stereocenters. The Kier molecular flexibility index (Phi) is 2.48. The summed E-state index contributed by atoms with van der Waals surface area (Å²) in [6, 6.07) is 1.69. The predicted octanol–water partition coefficient (Wildman–Crippen LogP) is 0.644. The van der Waals surface area contributed by atoms with Crippen molar-refractivity contribution in [1.82, 2.24) is 10.2 Å². The van der Waals surface area contributed by atoms with Gasteiger partial charge in [-0.1, -0.05) is 0 Å². The van der Waals surface area contributed by atoms with Gasteiger partial charge in [-0.2, -0.15) is 5.10 Å². The third kappa shape index (κ3) is 2.23. The van der Waals surface area contributed by atoms with Crippen LogP contribution >= 0.6 is 11.6 Å². The Morgan fingerprint density at radius 1 is 1.91 bits per heavy atom. The van der Waals surface area contributed by atoms with Crippen LogP contribution in [0.5, 0.6) is 0 Å². The lowest BCUT2D eigenvalue weighted by atomic mass is 10.2. The molecule has 0 spiro atoms. The Labute approximate surface area is 68.2 Å². The number of hydrogen-bond donors (Lipinski definition) is 2. The number of H-pyrrole nitrogens is 1. The van der Waals surface area contributed by atoms with Crippen molar-refractivity contribution in [3.8, 4) is 0 Å². The maximum atomic E-state index is 10.3. The highest BCUT2D eigenvalue weighted by Crippen LogP contribution is 2.04. The molecule has 1 heterocycles. The first kappa shape index (κ1) is 8.07. The van der Waals surface area contributed by atoms with E-state index in [1.165, 1.54) is 0 Å².